The third-order valence-electron chi connectivity index (χ3n) is 2.39. The van der Waals surface area contributed by atoms with E-state index < -0.39 is 0 Å². The zero-order valence-electron chi connectivity index (χ0n) is 9.06. The van der Waals surface area contributed by atoms with Gasteiger partial charge in [0.2, 0.25) is 0 Å². The second kappa shape index (κ2) is 5.01. The molecule has 0 fully saturated rings. The molecule has 0 amide bonds. The van der Waals surface area contributed by atoms with Crippen LogP contribution in [0.3, 0.4) is 0 Å². The molecule has 7 heteroatoms. The minimum Gasteiger partial charge on any atom is -0.336 e. The number of hydrazine groups is 1. The highest BCUT2D eigenvalue weighted by Gasteiger charge is 2.20. The second-order valence-electron chi connectivity index (χ2n) is 3.52. The van der Waals surface area contributed by atoms with E-state index in [1.165, 1.54) is 6.20 Å². The highest BCUT2D eigenvalue weighted by molar-refractivity contribution is 6.34. The Morgan fingerprint density at radius 2 is 2.18 bits per heavy atom. The SMILES string of the molecule is Cn1ccnc1C(NN)c1ncc(Cl)cc1Cl. The molecule has 3 N–H and O–H groups in total. The molecular weight excluding hydrogens is 261 g/mol. The van der Waals surface area contributed by atoms with Gasteiger partial charge in [0, 0.05) is 25.6 Å². The fourth-order valence-corrected chi connectivity index (χ4v) is 2.06. The molecule has 0 aromatic carbocycles. The lowest BCUT2D eigenvalue weighted by Crippen LogP contribution is -2.31. The van der Waals surface area contributed by atoms with Gasteiger partial charge in [-0.2, -0.15) is 0 Å². The summed E-state index contributed by atoms with van der Waals surface area (Å²) in [6, 6.07) is 1.25. The minimum absolute atomic E-state index is 0.375. The third kappa shape index (κ3) is 2.42. The van der Waals surface area contributed by atoms with Crippen molar-refractivity contribution < 1.29 is 0 Å². The summed E-state index contributed by atoms with van der Waals surface area (Å²) in [6.07, 6.45) is 5.03. The first-order chi connectivity index (χ1) is 8.13. The first-order valence-electron chi connectivity index (χ1n) is 4.87. The molecule has 0 aliphatic carbocycles. The molecule has 0 bridgehead atoms. The standard InChI is InChI=1S/C10H11Cl2N5/c1-17-3-2-14-10(17)9(16-13)8-7(12)4-6(11)5-15-8/h2-5,9,16H,13H2,1H3. The van der Waals surface area contributed by atoms with Crippen LogP contribution in [0.4, 0.5) is 0 Å². The Kier molecular flexibility index (Phi) is 3.63. The van der Waals surface area contributed by atoms with Crippen molar-refractivity contribution >= 4 is 23.2 Å². The highest BCUT2D eigenvalue weighted by atomic mass is 35.5. The Labute approximate surface area is 109 Å². The summed E-state index contributed by atoms with van der Waals surface area (Å²) in [6.45, 7) is 0. The maximum atomic E-state index is 6.09. The molecule has 1 unspecified atom stereocenters. The second-order valence-corrected chi connectivity index (χ2v) is 4.36. The topological polar surface area (TPSA) is 68.8 Å². The van der Waals surface area contributed by atoms with Gasteiger partial charge in [0.05, 0.1) is 15.7 Å². The van der Waals surface area contributed by atoms with Crippen LogP contribution in [0.25, 0.3) is 0 Å². The van der Waals surface area contributed by atoms with Crippen LogP contribution in [0.2, 0.25) is 10.0 Å². The summed E-state index contributed by atoms with van der Waals surface area (Å²) in [4.78, 5) is 8.40. The zero-order valence-corrected chi connectivity index (χ0v) is 10.6. The Balaban J connectivity index is 2.46. The highest BCUT2D eigenvalue weighted by Crippen LogP contribution is 2.26. The van der Waals surface area contributed by atoms with E-state index in [2.05, 4.69) is 15.4 Å². The maximum absolute atomic E-state index is 6.09. The Bertz CT molecular complexity index is 525. The summed E-state index contributed by atoms with van der Waals surface area (Å²) < 4.78 is 1.84. The predicted octanol–water partition coefficient (Wildman–Crippen LogP) is 1.67. The van der Waals surface area contributed by atoms with Gasteiger partial charge in [0.15, 0.2) is 0 Å². The first kappa shape index (κ1) is 12.3. The minimum atomic E-state index is -0.375. The molecule has 0 saturated heterocycles. The largest absolute Gasteiger partial charge is 0.336 e. The van der Waals surface area contributed by atoms with Crippen LogP contribution in [0, 0.1) is 0 Å². The van der Waals surface area contributed by atoms with Crippen molar-refractivity contribution in [1.82, 2.24) is 20.0 Å². The Hall–Kier alpha value is -1.14. The van der Waals surface area contributed by atoms with Gasteiger partial charge < -0.3 is 4.57 Å². The van der Waals surface area contributed by atoms with Crippen molar-refractivity contribution in [3.63, 3.8) is 0 Å². The molecule has 0 aliphatic heterocycles. The number of aryl methyl sites for hydroxylation is 1. The number of nitrogens with zero attached hydrogens (tertiary/aromatic N) is 3. The van der Waals surface area contributed by atoms with Crippen LogP contribution >= 0.6 is 23.2 Å². The van der Waals surface area contributed by atoms with E-state index in [1.807, 2.05) is 17.8 Å². The molecule has 2 aromatic heterocycles. The van der Waals surface area contributed by atoms with E-state index in [4.69, 9.17) is 29.0 Å². The maximum Gasteiger partial charge on any atom is 0.133 e. The van der Waals surface area contributed by atoms with Crippen molar-refractivity contribution in [3.8, 4) is 0 Å². The van der Waals surface area contributed by atoms with Gasteiger partial charge in [-0.3, -0.25) is 10.8 Å². The van der Waals surface area contributed by atoms with E-state index in [-0.39, 0.29) is 6.04 Å². The van der Waals surface area contributed by atoms with Gasteiger partial charge in [-0.15, -0.1) is 0 Å². The Morgan fingerprint density at radius 1 is 1.41 bits per heavy atom. The summed E-state index contributed by atoms with van der Waals surface area (Å²) in [5.41, 5.74) is 3.24. The molecule has 2 aromatic rings. The number of nitrogens with one attached hydrogen (secondary N) is 1. The molecule has 0 radical (unpaired) electrons. The first-order valence-corrected chi connectivity index (χ1v) is 5.63. The van der Waals surface area contributed by atoms with Crippen LogP contribution in [-0.4, -0.2) is 14.5 Å². The van der Waals surface area contributed by atoms with Gasteiger partial charge in [-0.1, -0.05) is 23.2 Å². The van der Waals surface area contributed by atoms with Crippen LogP contribution in [0.5, 0.6) is 0 Å². The lowest BCUT2D eigenvalue weighted by Gasteiger charge is -2.16. The number of halogens is 2. The van der Waals surface area contributed by atoms with E-state index in [0.717, 1.165) is 5.82 Å². The number of imidazole rings is 1. The lowest BCUT2D eigenvalue weighted by atomic mass is 10.2. The van der Waals surface area contributed by atoms with Crippen molar-refractivity contribution in [2.24, 2.45) is 12.9 Å². The van der Waals surface area contributed by atoms with Crippen LogP contribution in [0.15, 0.2) is 24.7 Å². The molecule has 90 valence electrons. The molecule has 2 heterocycles. The number of hydrogen-bond donors (Lipinski definition) is 2. The van der Waals surface area contributed by atoms with Crippen LogP contribution in [-0.2, 0) is 7.05 Å². The van der Waals surface area contributed by atoms with Crippen molar-refractivity contribution in [2.75, 3.05) is 0 Å². The molecule has 0 saturated carbocycles. The lowest BCUT2D eigenvalue weighted by molar-refractivity contribution is 0.567. The average molecular weight is 272 g/mol. The van der Waals surface area contributed by atoms with Crippen LogP contribution < -0.4 is 11.3 Å². The molecule has 17 heavy (non-hydrogen) atoms. The predicted molar refractivity (Wildman–Crippen MR) is 66.6 cm³/mol. The third-order valence-corrected chi connectivity index (χ3v) is 2.90. The van der Waals surface area contributed by atoms with Crippen molar-refractivity contribution in [3.05, 3.63) is 46.2 Å². The molecule has 2 rings (SSSR count). The van der Waals surface area contributed by atoms with Gasteiger partial charge in [-0.25, -0.2) is 10.4 Å². The Morgan fingerprint density at radius 3 is 2.71 bits per heavy atom. The zero-order chi connectivity index (χ0) is 12.4. The van der Waals surface area contributed by atoms with E-state index in [0.29, 0.717) is 15.7 Å². The number of nitrogens with two attached hydrogens (primary N) is 1. The number of pyridine rings is 1. The fourth-order valence-electron chi connectivity index (χ4n) is 1.57. The number of rotatable bonds is 3. The van der Waals surface area contributed by atoms with Gasteiger partial charge in [-0.05, 0) is 6.07 Å². The number of hydrogen-bond acceptors (Lipinski definition) is 4. The van der Waals surface area contributed by atoms with E-state index in [9.17, 15) is 0 Å². The summed E-state index contributed by atoms with van der Waals surface area (Å²) in [7, 11) is 1.87. The van der Waals surface area contributed by atoms with Gasteiger partial charge in [0.25, 0.3) is 0 Å². The fraction of sp³-hybridized carbons (Fsp3) is 0.200. The summed E-state index contributed by atoms with van der Waals surface area (Å²) in [5.74, 6) is 6.26. The molecule has 1 atom stereocenters. The monoisotopic (exact) mass is 271 g/mol. The number of aromatic nitrogens is 3. The summed E-state index contributed by atoms with van der Waals surface area (Å²) >= 11 is 11.9. The normalized spacial score (nSPS) is 12.7. The van der Waals surface area contributed by atoms with Crippen molar-refractivity contribution in [1.29, 1.82) is 0 Å². The van der Waals surface area contributed by atoms with Crippen LogP contribution in [0.1, 0.15) is 17.6 Å². The quantitative estimate of drug-likeness (QED) is 0.658. The summed E-state index contributed by atoms with van der Waals surface area (Å²) in [5, 5.41) is 0.929. The molecule has 0 spiro atoms. The smallest absolute Gasteiger partial charge is 0.133 e. The van der Waals surface area contributed by atoms with Gasteiger partial charge in [0.1, 0.15) is 11.9 Å². The van der Waals surface area contributed by atoms with Crippen molar-refractivity contribution in [2.45, 2.75) is 6.04 Å². The molecule has 5 nitrogen and oxygen atoms in total. The molecular formula is C10H11Cl2N5. The van der Waals surface area contributed by atoms with Gasteiger partial charge >= 0.3 is 0 Å². The molecule has 0 aliphatic rings. The van der Waals surface area contributed by atoms with E-state index >= 15 is 0 Å². The average Bonchev–Trinajstić information content (AvgIpc) is 2.69. The van der Waals surface area contributed by atoms with E-state index in [1.54, 1.807) is 12.3 Å².